The second kappa shape index (κ2) is 8.75. The molecule has 0 atom stereocenters. The summed E-state index contributed by atoms with van der Waals surface area (Å²) in [5.74, 6) is -1.92. The number of aryl methyl sites for hydroxylation is 3. The largest absolute Gasteiger partial charge is 0.457 e. The number of benzene rings is 2. The molecule has 0 N–H and O–H groups in total. The summed E-state index contributed by atoms with van der Waals surface area (Å²) in [4.78, 5) is 18.8. The number of ether oxygens (including phenoxy) is 1. The fourth-order valence-corrected chi connectivity index (χ4v) is 2.45. The predicted molar refractivity (Wildman–Crippen MR) is 103 cm³/mol. The Morgan fingerprint density at radius 3 is 2.44 bits per heavy atom. The van der Waals surface area contributed by atoms with Crippen LogP contribution in [0.5, 0.6) is 0 Å². The van der Waals surface area contributed by atoms with Crippen LogP contribution in [0.4, 0.5) is 14.5 Å². The third-order valence-corrected chi connectivity index (χ3v) is 4.34. The van der Waals surface area contributed by atoms with E-state index in [0.717, 1.165) is 23.9 Å². The second-order valence-corrected chi connectivity index (χ2v) is 6.54. The molecule has 0 saturated carbocycles. The molecule has 0 heterocycles. The molecule has 27 heavy (non-hydrogen) atoms. The van der Waals surface area contributed by atoms with Gasteiger partial charge in [0.2, 0.25) is 0 Å². The minimum Gasteiger partial charge on any atom is -0.457 e. The van der Waals surface area contributed by atoms with Crippen LogP contribution in [0.2, 0.25) is 0 Å². The van der Waals surface area contributed by atoms with Gasteiger partial charge in [-0.15, -0.1) is 0 Å². The summed E-state index contributed by atoms with van der Waals surface area (Å²) in [5.41, 5.74) is 3.15. The van der Waals surface area contributed by atoms with Gasteiger partial charge in [-0.3, -0.25) is 0 Å². The minimum atomic E-state index is -0.733. The van der Waals surface area contributed by atoms with E-state index in [0.29, 0.717) is 16.7 Å². The van der Waals surface area contributed by atoms with Gasteiger partial charge in [0.1, 0.15) is 18.2 Å². The maximum absolute atomic E-state index is 13.8. The number of carbonyl (C=O) groups is 1. The number of rotatable bonds is 6. The molecule has 2 aromatic rings. The van der Waals surface area contributed by atoms with Gasteiger partial charge in [-0.25, -0.2) is 18.6 Å². The van der Waals surface area contributed by atoms with Crippen LogP contribution in [-0.2, 0) is 11.3 Å². The standard InChI is InChI=1S/C21H24F2N2O2/c1-6-25(5)12-24-20-9-13(2)17(8-15(20)4)21(26)27-11-16-7-14(3)18(22)10-19(16)23/h7-10,12H,6,11H2,1-5H3. The van der Waals surface area contributed by atoms with Gasteiger partial charge in [0.15, 0.2) is 0 Å². The molecule has 2 aromatic carbocycles. The number of hydrogen-bond acceptors (Lipinski definition) is 3. The van der Waals surface area contributed by atoms with Gasteiger partial charge in [-0.1, -0.05) is 0 Å². The normalized spacial score (nSPS) is 11.1. The average Bonchev–Trinajstić information content (AvgIpc) is 2.63. The Balaban J connectivity index is 2.16. The number of nitrogens with zero attached hydrogens (tertiary/aromatic N) is 2. The Morgan fingerprint density at radius 1 is 1.07 bits per heavy atom. The van der Waals surface area contributed by atoms with E-state index in [1.165, 1.54) is 13.0 Å². The molecule has 0 aliphatic carbocycles. The first-order valence-electron chi connectivity index (χ1n) is 8.70. The van der Waals surface area contributed by atoms with Gasteiger partial charge in [0.05, 0.1) is 17.6 Å². The Hall–Kier alpha value is -2.76. The molecule has 0 bridgehead atoms. The lowest BCUT2D eigenvalue weighted by Crippen LogP contribution is -2.14. The molecule has 6 heteroatoms. The smallest absolute Gasteiger partial charge is 0.338 e. The van der Waals surface area contributed by atoms with Crippen molar-refractivity contribution in [2.45, 2.75) is 34.3 Å². The highest BCUT2D eigenvalue weighted by Crippen LogP contribution is 2.24. The van der Waals surface area contributed by atoms with E-state index in [-0.39, 0.29) is 12.2 Å². The van der Waals surface area contributed by atoms with Crippen LogP contribution >= 0.6 is 0 Å². The molecule has 4 nitrogen and oxygen atoms in total. The molecule has 0 fully saturated rings. The highest BCUT2D eigenvalue weighted by molar-refractivity contribution is 5.92. The third kappa shape index (κ3) is 5.12. The summed E-state index contributed by atoms with van der Waals surface area (Å²) in [6, 6.07) is 5.67. The van der Waals surface area contributed by atoms with Gasteiger partial charge in [-0.05, 0) is 62.6 Å². The molecule has 0 amide bonds. The van der Waals surface area contributed by atoms with Gasteiger partial charge in [0.25, 0.3) is 0 Å². The quantitative estimate of drug-likeness (QED) is 0.412. The maximum atomic E-state index is 13.8. The lowest BCUT2D eigenvalue weighted by atomic mass is 10.0. The van der Waals surface area contributed by atoms with Crippen molar-refractivity contribution < 1.29 is 18.3 Å². The Bertz CT molecular complexity index is 879. The van der Waals surface area contributed by atoms with Crippen molar-refractivity contribution in [3.63, 3.8) is 0 Å². The molecule has 144 valence electrons. The van der Waals surface area contributed by atoms with Crippen molar-refractivity contribution >= 4 is 18.0 Å². The van der Waals surface area contributed by atoms with Crippen molar-refractivity contribution in [3.05, 3.63) is 63.7 Å². The van der Waals surface area contributed by atoms with E-state index in [1.54, 1.807) is 19.3 Å². The van der Waals surface area contributed by atoms with Crippen LogP contribution in [0, 0.1) is 32.4 Å². The fraction of sp³-hybridized carbons (Fsp3) is 0.333. The lowest BCUT2D eigenvalue weighted by Gasteiger charge is -2.12. The number of hydrogen-bond donors (Lipinski definition) is 0. The number of carbonyl (C=O) groups excluding carboxylic acids is 1. The summed E-state index contributed by atoms with van der Waals surface area (Å²) in [6.45, 7) is 7.79. The highest BCUT2D eigenvalue weighted by Gasteiger charge is 2.15. The summed E-state index contributed by atoms with van der Waals surface area (Å²) >= 11 is 0. The first-order chi connectivity index (χ1) is 12.7. The lowest BCUT2D eigenvalue weighted by molar-refractivity contribution is 0.0468. The molecule has 0 aliphatic rings. The van der Waals surface area contributed by atoms with E-state index in [1.807, 2.05) is 31.9 Å². The summed E-state index contributed by atoms with van der Waals surface area (Å²) in [6.07, 6.45) is 1.74. The monoisotopic (exact) mass is 374 g/mol. The van der Waals surface area contributed by atoms with Crippen molar-refractivity contribution in [1.29, 1.82) is 0 Å². The maximum Gasteiger partial charge on any atom is 0.338 e. The van der Waals surface area contributed by atoms with E-state index in [4.69, 9.17) is 4.74 Å². The molecular formula is C21H24F2N2O2. The summed E-state index contributed by atoms with van der Waals surface area (Å²) in [7, 11) is 1.92. The van der Waals surface area contributed by atoms with Crippen LogP contribution in [0.3, 0.4) is 0 Å². The van der Waals surface area contributed by atoms with Gasteiger partial charge in [0, 0.05) is 25.2 Å². The minimum absolute atomic E-state index is 0.139. The van der Waals surface area contributed by atoms with Crippen molar-refractivity contribution in [3.8, 4) is 0 Å². The molecular weight excluding hydrogens is 350 g/mol. The van der Waals surface area contributed by atoms with E-state index >= 15 is 0 Å². The zero-order valence-electron chi connectivity index (χ0n) is 16.3. The predicted octanol–water partition coefficient (Wildman–Crippen LogP) is 4.86. The molecule has 0 aromatic heterocycles. The topological polar surface area (TPSA) is 41.9 Å². The highest BCUT2D eigenvalue weighted by atomic mass is 19.1. The number of aliphatic imine (C=N–C) groups is 1. The molecule has 2 rings (SSSR count). The van der Waals surface area contributed by atoms with E-state index in [9.17, 15) is 13.6 Å². The SMILES string of the molecule is CCN(C)C=Nc1cc(C)c(C(=O)OCc2cc(C)c(F)cc2F)cc1C. The fourth-order valence-electron chi connectivity index (χ4n) is 2.45. The van der Waals surface area contributed by atoms with Crippen LogP contribution in [0.25, 0.3) is 0 Å². The van der Waals surface area contributed by atoms with Gasteiger partial charge in [-0.2, -0.15) is 0 Å². The summed E-state index contributed by atoms with van der Waals surface area (Å²) in [5, 5.41) is 0. The Morgan fingerprint density at radius 2 is 1.78 bits per heavy atom. The molecule has 0 aliphatic heterocycles. The Labute approximate surface area is 158 Å². The summed E-state index contributed by atoms with van der Waals surface area (Å²) < 4.78 is 32.4. The van der Waals surface area contributed by atoms with Crippen molar-refractivity contribution in [2.24, 2.45) is 4.99 Å². The molecule has 0 spiro atoms. The third-order valence-electron chi connectivity index (χ3n) is 4.34. The van der Waals surface area contributed by atoms with E-state index < -0.39 is 17.6 Å². The number of esters is 1. The zero-order valence-corrected chi connectivity index (χ0v) is 16.3. The van der Waals surface area contributed by atoms with Crippen LogP contribution in [0.15, 0.2) is 29.3 Å². The van der Waals surface area contributed by atoms with Gasteiger partial charge < -0.3 is 9.64 Å². The van der Waals surface area contributed by atoms with Crippen molar-refractivity contribution in [2.75, 3.05) is 13.6 Å². The average molecular weight is 374 g/mol. The zero-order chi connectivity index (χ0) is 20.1. The van der Waals surface area contributed by atoms with Crippen LogP contribution < -0.4 is 0 Å². The first kappa shape index (κ1) is 20.6. The number of halogens is 2. The van der Waals surface area contributed by atoms with Gasteiger partial charge >= 0.3 is 5.97 Å². The molecule has 0 unspecified atom stereocenters. The van der Waals surface area contributed by atoms with Crippen LogP contribution in [-0.4, -0.2) is 30.8 Å². The molecule has 0 radical (unpaired) electrons. The molecule has 0 saturated heterocycles. The second-order valence-electron chi connectivity index (χ2n) is 6.54. The van der Waals surface area contributed by atoms with Crippen LogP contribution in [0.1, 0.15) is 39.5 Å². The van der Waals surface area contributed by atoms with Crippen molar-refractivity contribution in [1.82, 2.24) is 4.90 Å². The first-order valence-corrected chi connectivity index (χ1v) is 8.70. The van der Waals surface area contributed by atoms with E-state index in [2.05, 4.69) is 4.99 Å². The Kier molecular flexibility index (Phi) is 6.66.